The minimum Gasteiger partial charge on any atom is -0.512 e. The van der Waals surface area contributed by atoms with Crippen molar-refractivity contribution in [3.8, 4) is 6.57 Å². The van der Waals surface area contributed by atoms with E-state index in [9.17, 15) is 5.11 Å². The van der Waals surface area contributed by atoms with Gasteiger partial charge in [-0.2, -0.15) is 0 Å². The van der Waals surface area contributed by atoms with Gasteiger partial charge in [0.15, 0.2) is 0 Å². The molecule has 1 aliphatic rings. The zero-order valence-electron chi connectivity index (χ0n) is 15.1. The van der Waals surface area contributed by atoms with Crippen molar-refractivity contribution in [2.75, 3.05) is 0 Å². The van der Waals surface area contributed by atoms with Crippen molar-refractivity contribution < 1.29 is 5.11 Å². The van der Waals surface area contributed by atoms with E-state index in [0.29, 0.717) is 12.2 Å². The van der Waals surface area contributed by atoms with Gasteiger partial charge in [0.05, 0.1) is 23.8 Å². The van der Waals surface area contributed by atoms with Gasteiger partial charge < -0.3 is 10.8 Å². The van der Waals surface area contributed by atoms with E-state index in [-0.39, 0.29) is 17.0 Å². The third-order valence-electron chi connectivity index (χ3n) is 5.76. The van der Waals surface area contributed by atoms with Crippen molar-refractivity contribution in [2.24, 2.45) is 16.1 Å². The lowest BCUT2D eigenvalue weighted by molar-refractivity contribution is 0.136. The Morgan fingerprint density at radius 3 is 2.74 bits per heavy atom. The van der Waals surface area contributed by atoms with E-state index in [1.54, 1.807) is 0 Å². The van der Waals surface area contributed by atoms with E-state index in [4.69, 9.17) is 12.3 Å². The largest absolute Gasteiger partial charge is 0.512 e. The molecule has 0 radical (unpaired) electrons. The van der Waals surface area contributed by atoms with Crippen LogP contribution < -0.4 is 5.73 Å². The van der Waals surface area contributed by atoms with Crippen LogP contribution in [0.15, 0.2) is 23.4 Å². The maximum absolute atomic E-state index is 10.6. The lowest BCUT2D eigenvalue weighted by Crippen LogP contribution is -2.49. The molecule has 0 saturated carbocycles. The fourth-order valence-corrected chi connectivity index (χ4v) is 3.86. The van der Waals surface area contributed by atoms with Gasteiger partial charge in [-0.15, -0.1) is 0 Å². The minimum absolute atomic E-state index is 0.201. The lowest BCUT2D eigenvalue weighted by atomic mass is 9.61. The molecular weight excluding hydrogens is 286 g/mol. The van der Waals surface area contributed by atoms with Crippen molar-refractivity contribution in [3.05, 3.63) is 23.3 Å². The second kappa shape index (κ2) is 7.34. The molecule has 1 rings (SSSR count). The molecule has 0 fully saturated rings. The molecule has 0 amide bonds. The Morgan fingerprint density at radius 1 is 1.61 bits per heavy atom. The number of aliphatic imine (C=N–C) groups is 1. The highest BCUT2D eigenvalue weighted by atomic mass is 16.3. The van der Waals surface area contributed by atoms with Crippen molar-refractivity contribution in [2.45, 2.75) is 83.3 Å². The Hall–Kier alpha value is -1.56. The first-order valence-electron chi connectivity index (χ1n) is 8.55. The van der Waals surface area contributed by atoms with Gasteiger partial charge in [-0.1, -0.05) is 25.1 Å². The van der Waals surface area contributed by atoms with Gasteiger partial charge >= 0.3 is 0 Å². The molecule has 4 unspecified atom stereocenters. The maximum atomic E-state index is 10.6. The number of aliphatic hydroxyl groups excluding tert-OH is 1. The average molecular weight is 318 g/mol. The highest BCUT2D eigenvalue weighted by Gasteiger charge is 2.51. The first kappa shape index (κ1) is 19.5. The number of hydrogen-bond donors (Lipinski definition) is 2. The second-order valence-electron chi connectivity index (χ2n) is 7.25. The van der Waals surface area contributed by atoms with Crippen molar-refractivity contribution in [3.63, 3.8) is 0 Å². The molecule has 4 heteroatoms. The van der Waals surface area contributed by atoms with Crippen LogP contribution >= 0.6 is 0 Å². The topological polar surface area (TPSA) is 63.0 Å². The summed E-state index contributed by atoms with van der Waals surface area (Å²) in [6, 6.07) is -0.201. The highest BCUT2D eigenvalue weighted by molar-refractivity contribution is 5.48. The van der Waals surface area contributed by atoms with Crippen LogP contribution in [0.25, 0.3) is 4.85 Å². The molecule has 0 saturated heterocycles. The molecule has 0 aromatic carbocycles. The summed E-state index contributed by atoms with van der Waals surface area (Å²) in [6.45, 7) is 17.5. The second-order valence-corrected chi connectivity index (χ2v) is 7.25. The molecule has 0 aromatic heterocycles. The number of nitrogens with two attached hydrogens (primary N) is 1. The molecule has 0 spiro atoms. The van der Waals surface area contributed by atoms with Gasteiger partial charge in [0.25, 0.3) is 12.1 Å². The van der Waals surface area contributed by atoms with Crippen molar-refractivity contribution in [1.29, 1.82) is 0 Å². The van der Waals surface area contributed by atoms with E-state index in [1.807, 2.05) is 13.0 Å². The van der Waals surface area contributed by atoms with Crippen LogP contribution in [0.4, 0.5) is 0 Å². The van der Waals surface area contributed by atoms with Crippen LogP contribution in [-0.4, -0.2) is 28.1 Å². The molecule has 3 N–H and O–H groups in total. The predicted octanol–water partition coefficient (Wildman–Crippen LogP) is 4.47. The van der Waals surface area contributed by atoms with Gasteiger partial charge in [-0.05, 0) is 51.1 Å². The van der Waals surface area contributed by atoms with E-state index in [2.05, 4.69) is 43.1 Å². The van der Waals surface area contributed by atoms with Crippen LogP contribution in [0.2, 0.25) is 0 Å². The molecule has 4 atom stereocenters. The van der Waals surface area contributed by atoms with Gasteiger partial charge in [-0.3, -0.25) is 0 Å². The van der Waals surface area contributed by atoms with Crippen LogP contribution in [0, 0.1) is 12.0 Å². The van der Waals surface area contributed by atoms with Gasteiger partial charge in [0.1, 0.15) is 0 Å². The zero-order chi connectivity index (χ0) is 17.7. The average Bonchev–Trinajstić information content (AvgIpc) is 2.51. The van der Waals surface area contributed by atoms with Crippen LogP contribution in [0.5, 0.6) is 0 Å². The predicted molar refractivity (Wildman–Crippen MR) is 98.3 cm³/mol. The summed E-state index contributed by atoms with van der Waals surface area (Å²) < 4.78 is 0. The first-order valence-corrected chi connectivity index (χ1v) is 8.55. The third kappa shape index (κ3) is 3.68. The molecule has 23 heavy (non-hydrogen) atoms. The molecule has 128 valence electrons. The summed E-state index contributed by atoms with van der Waals surface area (Å²) in [5.74, 6) is 3.02. The van der Waals surface area contributed by atoms with E-state index >= 15 is 0 Å². The Bertz CT molecular complexity index is 543. The third-order valence-corrected chi connectivity index (χ3v) is 5.76. The normalized spacial score (nSPS) is 34.1. The quantitative estimate of drug-likeness (QED) is 0.734. The SMILES string of the molecule is C#[N+]C1(C)CC(O)=CC(CCC)(C(C)(CC)N=C=C)CCC1N. The van der Waals surface area contributed by atoms with Crippen molar-refractivity contribution >= 4 is 5.87 Å². The van der Waals surface area contributed by atoms with Crippen LogP contribution in [0.1, 0.15) is 66.2 Å². The smallest absolute Gasteiger partial charge is 0.299 e. The summed E-state index contributed by atoms with van der Waals surface area (Å²) in [7, 11) is 0. The molecule has 4 nitrogen and oxygen atoms in total. The molecular formula is C19H32N3O+. The Morgan fingerprint density at radius 2 is 2.26 bits per heavy atom. The standard InChI is InChI=1S/C19H31N3O/c1-7-11-19(18(5,8-2)22-9-3)12-10-16(20)17(4,21-6)13-15(23)14-19/h6,14,16H,3,7-8,10-13,20H2,1-2,4-5H3/p+1. The minimum atomic E-state index is -0.636. The monoisotopic (exact) mass is 318 g/mol. The molecule has 0 bridgehead atoms. The fraction of sp³-hybridized carbons (Fsp3) is 0.737. The Balaban J connectivity index is 3.46. The number of rotatable bonds is 5. The van der Waals surface area contributed by atoms with Crippen LogP contribution in [0.3, 0.4) is 0 Å². The van der Waals surface area contributed by atoms with Crippen molar-refractivity contribution in [1.82, 2.24) is 0 Å². The molecule has 0 aliphatic heterocycles. The molecule has 0 aromatic rings. The van der Waals surface area contributed by atoms with E-state index in [1.165, 1.54) is 0 Å². The van der Waals surface area contributed by atoms with Crippen LogP contribution in [-0.2, 0) is 0 Å². The Kier molecular flexibility index (Phi) is 6.22. The number of aliphatic hydroxyl groups is 1. The van der Waals surface area contributed by atoms with E-state index < -0.39 is 5.54 Å². The molecule has 0 heterocycles. The highest BCUT2D eigenvalue weighted by Crippen LogP contribution is 2.49. The van der Waals surface area contributed by atoms with Gasteiger partial charge in [0.2, 0.25) is 0 Å². The lowest BCUT2D eigenvalue weighted by Gasteiger charge is -2.45. The summed E-state index contributed by atoms with van der Waals surface area (Å²) in [4.78, 5) is 8.52. The first-order chi connectivity index (χ1) is 10.7. The summed E-state index contributed by atoms with van der Waals surface area (Å²) in [5.41, 5.74) is 5.09. The number of nitrogens with zero attached hydrogens (tertiary/aromatic N) is 2. The van der Waals surface area contributed by atoms with E-state index in [0.717, 1.165) is 32.1 Å². The summed E-state index contributed by atoms with van der Waals surface area (Å²) in [6.07, 6.45) is 6.71. The fourth-order valence-electron chi connectivity index (χ4n) is 3.86. The Labute approximate surface area is 141 Å². The summed E-state index contributed by atoms with van der Waals surface area (Å²) >= 11 is 0. The zero-order valence-corrected chi connectivity index (χ0v) is 15.1. The van der Waals surface area contributed by atoms with Gasteiger partial charge in [0, 0.05) is 12.3 Å². The molecule has 1 aliphatic carbocycles. The maximum Gasteiger partial charge on any atom is 0.299 e. The van der Waals surface area contributed by atoms with Gasteiger partial charge in [-0.25, -0.2) is 4.99 Å². The summed E-state index contributed by atoms with van der Waals surface area (Å²) in [5, 5.41) is 10.6. The number of hydrogen-bond acceptors (Lipinski definition) is 3.